The molecule has 2 rings (SSSR count). The maximum atomic E-state index is 12.2. The molecule has 0 aromatic carbocycles. The molecule has 0 spiro atoms. The maximum absolute atomic E-state index is 12.2. The van der Waals surface area contributed by atoms with Crippen LogP contribution in [0.2, 0.25) is 4.34 Å². The van der Waals surface area contributed by atoms with Gasteiger partial charge < -0.3 is 15.8 Å². The lowest BCUT2D eigenvalue weighted by molar-refractivity contribution is 0.0671. The van der Waals surface area contributed by atoms with E-state index in [0.717, 1.165) is 0 Å². The van der Waals surface area contributed by atoms with E-state index < -0.39 is 0 Å². The van der Waals surface area contributed by atoms with Crippen LogP contribution >= 0.6 is 22.9 Å². The van der Waals surface area contributed by atoms with Crippen molar-refractivity contribution in [3.63, 3.8) is 0 Å². The first kappa shape index (κ1) is 14.1. The molecule has 0 aliphatic carbocycles. The maximum Gasteiger partial charge on any atom is 0.263 e. The Morgan fingerprint density at radius 3 is 2.63 bits per heavy atom. The van der Waals surface area contributed by atoms with Crippen LogP contribution in [-0.4, -0.2) is 34.9 Å². The molecule has 1 aliphatic heterocycles. The van der Waals surface area contributed by atoms with Gasteiger partial charge in [0.1, 0.15) is 5.84 Å². The van der Waals surface area contributed by atoms with Gasteiger partial charge in [-0.05, 0) is 25.0 Å². The Morgan fingerprint density at radius 2 is 2.16 bits per heavy atom. The molecule has 3 N–H and O–H groups in total. The summed E-state index contributed by atoms with van der Waals surface area (Å²) in [7, 11) is 0. The number of carbonyl (C=O) groups excluding carboxylic acids is 1. The van der Waals surface area contributed by atoms with Gasteiger partial charge in [0.15, 0.2) is 0 Å². The molecule has 1 aliphatic rings. The van der Waals surface area contributed by atoms with E-state index in [1.54, 1.807) is 17.0 Å². The van der Waals surface area contributed by atoms with Crippen LogP contribution in [0.15, 0.2) is 17.3 Å². The smallest absolute Gasteiger partial charge is 0.263 e. The minimum Gasteiger partial charge on any atom is -0.409 e. The zero-order valence-electron chi connectivity index (χ0n) is 10.6. The third-order valence-corrected chi connectivity index (χ3v) is 4.88. The highest BCUT2D eigenvalue weighted by molar-refractivity contribution is 7.17. The molecule has 1 amide bonds. The topological polar surface area (TPSA) is 78.9 Å². The second kappa shape index (κ2) is 5.38. The fraction of sp³-hybridized carbons (Fsp3) is 0.500. The molecule has 1 aromatic rings. The Labute approximate surface area is 120 Å². The molecule has 1 aromatic heterocycles. The number of halogens is 1. The van der Waals surface area contributed by atoms with Crippen molar-refractivity contribution in [2.24, 2.45) is 16.3 Å². The molecule has 104 valence electrons. The van der Waals surface area contributed by atoms with Crippen molar-refractivity contribution >= 4 is 34.7 Å². The summed E-state index contributed by atoms with van der Waals surface area (Å²) >= 11 is 7.12. The Hall–Kier alpha value is -1.27. The lowest BCUT2D eigenvalue weighted by Crippen LogP contribution is -2.47. The number of hydrogen-bond donors (Lipinski definition) is 2. The summed E-state index contributed by atoms with van der Waals surface area (Å²) in [4.78, 5) is 14.7. The summed E-state index contributed by atoms with van der Waals surface area (Å²) < 4.78 is 0.613. The number of amides is 1. The van der Waals surface area contributed by atoms with Gasteiger partial charge >= 0.3 is 0 Å². The molecule has 1 saturated heterocycles. The number of carbonyl (C=O) groups is 1. The summed E-state index contributed by atoms with van der Waals surface area (Å²) in [6, 6.07) is 3.47. The largest absolute Gasteiger partial charge is 0.409 e. The van der Waals surface area contributed by atoms with E-state index >= 15 is 0 Å². The van der Waals surface area contributed by atoms with Crippen LogP contribution in [-0.2, 0) is 0 Å². The number of nitrogens with two attached hydrogens (primary N) is 1. The van der Waals surface area contributed by atoms with E-state index in [1.165, 1.54) is 11.3 Å². The zero-order valence-corrected chi connectivity index (χ0v) is 12.2. The van der Waals surface area contributed by atoms with Crippen LogP contribution in [0, 0.1) is 5.41 Å². The summed E-state index contributed by atoms with van der Waals surface area (Å²) in [5, 5.41) is 11.9. The minimum atomic E-state index is -0.335. The highest BCUT2D eigenvalue weighted by Gasteiger charge is 2.36. The average molecular weight is 302 g/mol. The summed E-state index contributed by atoms with van der Waals surface area (Å²) in [5.41, 5.74) is 5.36. The van der Waals surface area contributed by atoms with Gasteiger partial charge in [0.05, 0.1) is 9.21 Å². The van der Waals surface area contributed by atoms with Crippen molar-refractivity contribution in [2.45, 2.75) is 19.8 Å². The van der Waals surface area contributed by atoms with E-state index in [9.17, 15) is 4.79 Å². The van der Waals surface area contributed by atoms with E-state index in [-0.39, 0.29) is 17.2 Å². The molecule has 0 radical (unpaired) electrons. The standard InChI is InChI=1S/C12H16ClN3O2S/c1-12(11(14)15-18)4-6-16(7-5-12)10(17)8-2-3-9(13)19-8/h2-3,18H,4-7H2,1H3,(H2,14,15). The molecule has 7 heteroatoms. The number of amidine groups is 1. The van der Waals surface area contributed by atoms with Gasteiger partial charge in [-0.15, -0.1) is 11.3 Å². The molecule has 0 atom stereocenters. The molecule has 0 unspecified atom stereocenters. The van der Waals surface area contributed by atoms with Gasteiger partial charge in [-0.25, -0.2) is 0 Å². The predicted molar refractivity (Wildman–Crippen MR) is 76.0 cm³/mol. The van der Waals surface area contributed by atoms with Gasteiger partial charge in [-0.1, -0.05) is 23.7 Å². The van der Waals surface area contributed by atoms with Crippen molar-refractivity contribution in [1.82, 2.24) is 4.90 Å². The average Bonchev–Trinajstić information content (AvgIpc) is 2.84. The van der Waals surface area contributed by atoms with Crippen LogP contribution in [0.5, 0.6) is 0 Å². The second-order valence-electron chi connectivity index (χ2n) is 4.94. The molecule has 2 heterocycles. The van der Waals surface area contributed by atoms with Gasteiger partial charge in [0.2, 0.25) is 0 Å². The number of hydrogen-bond acceptors (Lipinski definition) is 4. The number of thiophene rings is 1. The van der Waals surface area contributed by atoms with Crippen LogP contribution < -0.4 is 5.73 Å². The minimum absolute atomic E-state index is 0.00143. The highest BCUT2D eigenvalue weighted by Crippen LogP contribution is 2.32. The van der Waals surface area contributed by atoms with Crippen LogP contribution in [0.25, 0.3) is 0 Å². The van der Waals surface area contributed by atoms with Crippen LogP contribution in [0.3, 0.4) is 0 Å². The molecule has 1 fully saturated rings. The van der Waals surface area contributed by atoms with Gasteiger partial charge in [-0.2, -0.15) is 0 Å². The lowest BCUT2D eigenvalue weighted by atomic mass is 9.79. The van der Waals surface area contributed by atoms with E-state index in [2.05, 4.69) is 5.16 Å². The first-order valence-electron chi connectivity index (χ1n) is 5.99. The molecule has 19 heavy (non-hydrogen) atoms. The Balaban J connectivity index is 2.02. The Kier molecular flexibility index (Phi) is 4.01. The Bertz CT molecular complexity index is 507. The highest BCUT2D eigenvalue weighted by atomic mass is 35.5. The zero-order chi connectivity index (χ0) is 14.0. The first-order chi connectivity index (χ1) is 8.96. The Morgan fingerprint density at radius 1 is 1.53 bits per heavy atom. The van der Waals surface area contributed by atoms with Gasteiger partial charge in [0.25, 0.3) is 5.91 Å². The molecule has 5 nitrogen and oxygen atoms in total. The van der Waals surface area contributed by atoms with Gasteiger partial charge in [0, 0.05) is 18.5 Å². The van der Waals surface area contributed by atoms with Crippen LogP contribution in [0.1, 0.15) is 29.4 Å². The van der Waals surface area contributed by atoms with Crippen molar-refractivity contribution in [1.29, 1.82) is 0 Å². The fourth-order valence-electron chi connectivity index (χ4n) is 2.17. The first-order valence-corrected chi connectivity index (χ1v) is 7.18. The third-order valence-electron chi connectivity index (χ3n) is 3.66. The molecular formula is C12H16ClN3O2S. The number of piperidine rings is 1. The van der Waals surface area contributed by atoms with Crippen molar-refractivity contribution in [2.75, 3.05) is 13.1 Å². The monoisotopic (exact) mass is 301 g/mol. The third kappa shape index (κ3) is 2.84. The van der Waals surface area contributed by atoms with Crippen molar-refractivity contribution < 1.29 is 10.0 Å². The van der Waals surface area contributed by atoms with E-state index in [4.69, 9.17) is 22.5 Å². The number of likely N-dealkylation sites (tertiary alicyclic amines) is 1. The molecule has 0 bridgehead atoms. The predicted octanol–water partition coefficient (Wildman–Crippen LogP) is 2.39. The number of rotatable bonds is 2. The number of oxime groups is 1. The lowest BCUT2D eigenvalue weighted by Gasteiger charge is -2.38. The summed E-state index contributed by atoms with van der Waals surface area (Å²) in [6.45, 7) is 3.15. The molecular weight excluding hydrogens is 286 g/mol. The van der Waals surface area contributed by atoms with Crippen molar-refractivity contribution in [3.8, 4) is 0 Å². The van der Waals surface area contributed by atoms with E-state index in [0.29, 0.717) is 35.1 Å². The SMILES string of the molecule is CC1(/C(N)=N/O)CCN(C(=O)c2ccc(Cl)s2)CC1. The van der Waals surface area contributed by atoms with Gasteiger partial charge in [-0.3, -0.25) is 4.79 Å². The van der Waals surface area contributed by atoms with Crippen molar-refractivity contribution in [3.05, 3.63) is 21.3 Å². The summed E-state index contributed by atoms with van der Waals surface area (Å²) in [5.74, 6) is 0.234. The molecule has 0 saturated carbocycles. The normalized spacial score (nSPS) is 19.5. The fourth-order valence-corrected chi connectivity index (χ4v) is 3.18. The van der Waals surface area contributed by atoms with Crippen LogP contribution in [0.4, 0.5) is 0 Å². The second-order valence-corrected chi connectivity index (χ2v) is 6.66. The van der Waals surface area contributed by atoms with E-state index in [1.807, 2.05) is 6.92 Å². The number of nitrogens with zero attached hydrogens (tertiary/aromatic N) is 2. The quantitative estimate of drug-likeness (QED) is 0.381. The summed E-state index contributed by atoms with van der Waals surface area (Å²) in [6.07, 6.45) is 1.38.